The van der Waals surface area contributed by atoms with Crippen LogP contribution in [0.3, 0.4) is 0 Å². The van der Waals surface area contributed by atoms with Crippen LogP contribution in [0, 0.1) is 0 Å². The van der Waals surface area contributed by atoms with Crippen molar-refractivity contribution in [1.82, 2.24) is 19.8 Å². The Kier molecular flexibility index (Phi) is 4.36. The molecule has 0 amide bonds. The van der Waals surface area contributed by atoms with E-state index in [1.807, 2.05) is 19.2 Å². The molecule has 0 spiro atoms. The van der Waals surface area contributed by atoms with E-state index in [1.54, 1.807) is 10.9 Å². The van der Waals surface area contributed by atoms with Crippen molar-refractivity contribution in [3.63, 3.8) is 0 Å². The van der Waals surface area contributed by atoms with Gasteiger partial charge in [0.15, 0.2) is 0 Å². The lowest BCUT2D eigenvalue weighted by Gasteiger charge is -2.14. The van der Waals surface area contributed by atoms with Crippen LogP contribution in [0.5, 0.6) is 0 Å². The van der Waals surface area contributed by atoms with E-state index in [1.165, 1.54) is 12.8 Å². The molecular weight excluding hydrogens is 252 g/mol. The van der Waals surface area contributed by atoms with Gasteiger partial charge in [0.1, 0.15) is 0 Å². The fourth-order valence-corrected chi connectivity index (χ4v) is 2.97. The third-order valence-corrected chi connectivity index (χ3v) is 4.29. The van der Waals surface area contributed by atoms with E-state index in [4.69, 9.17) is 0 Å². The van der Waals surface area contributed by atoms with Crippen molar-refractivity contribution in [2.45, 2.75) is 38.4 Å². The highest BCUT2D eigenvalue weighted by molar-refractivity contribution is 7.89. The standard InChI is InChI=1S/C11H20N4O2S/c1-10(9-15-7-2-5-13-15)14-18(16,17)8-6-12-11-3-4-11/h2,5,7,10-12,14H,3-4,6,8-9H2,1H3. The smallest absolute Gasteiger partial charge is 0.213 e. The first-order valence-electron chi connectivity index (χ1n) is 6.26. The second-order valence-corrected chi connectivity index (χ2v) is 6.67. The van der Waals surface area contributed by atoms with Gasteiger partial charge in [-0.15, -0.1) is 0 Å². The van der Waals surface area contributed by atoms with Crippen LogP contribution in [0.4, 0.5) is 0 Å². The monoisotopic (exact) mass is 272 g/mol. The Balaban J connectivity index is 1.71. The van der Waals surface area contributed by atoms with E-state index in [-0.39, 0.29) is 11.8 Å². The summed E-state index contributed by atoms with van der Waals surface area (Å²) in [6.07, 6.45) is 5.84. The Labute approximate surface area is 108 Å². The van der Waals surface area contributed by atoms with Crippen LogP contribution >= 0.6 is 0 Å². The zero-order valence-electron chi connectivity index (χ0n) is 10.5. The van der Waals surface area contributed by atoms with Gasteiger partial charge in [-0.3, -0.25) is 4.68 Å². The van der Waals surface area contributed by atoms with Crippen LogP contribution in [0.15, 0.2) is 18.5 Å². The molecule has 18 heavy (non-hydrogen) atoms. The van der Waals surface area contributed by atoms with Crippen molar-refractivity contribution >= 4 is 10.0 Å². The summed E-state index contributed by atoms with van der Waals surface area (Å²) in [5.41, 5.74) is 0. The average Bonchev–Trinajstić information content (AvgIpc) is 2.94. The van der Waals surface area contributed by atoms with Crippen LogP contribution in [0.25, 0.3) is 0 Å². The minimum Gasteiger partial charge on any atom is -0.313 e. The largest absolute Gasteiger partial charge is 0.313 e. The van der Waals surface area contributed by atoms with Gasteiger partial charge in [-0.05, 0) is 25.8 Å². The van der Waals surface area contributed by atoms with E-state index in [0.29, 0.717) is 19.1 Å². The van der Waals surface area contributed by atoms with E-state index >= 15 is 0 Å². The summed E-state index contributed by atoms with van der Waals surface area (Å²) in [5.74, 6) is 0.132. The lowest BCUT2D eigenvalue weighted by molar-refractivity contribution is 0.493. The molecular formula is C11H20N4O2S. The molecule has 0 radical (unpaired) electrons. The summed E-state index contributed by atoms with van der Waals surface area (Å²) in [6.45, 7) is 2.91. The second-order valence-electron chi connectivity index (χ2n) is 4.79. The quantitative estimate of drug-likeness (QED) is 0.695. The molecule has 1 saturated carbocycles. The third kappa shape index (κ3) is 4.75. The molecule has 0 aliphatic heterocycles. The molecule has 2 rings (SSSR count). The maximum atomic E-state index is 11.8. The molecule has 0 bridgehead atoms. The van der Waals surface area contributed by atoms with Crippen LogP contribution < -0.4 is 10.0 Å². The summed E-state index contributed by atoms with van der Waals surface area (Å²) in [7, 11) is -3.21. The number of aromatic nitrogens is 2. The Morgan fingerprint density at radius 2 is 2.28 bits per heavy atom. The molecule has 1 unspecified atom stereocenters. The van der Waals surface area contributed by atoms with Gasteiger partial charge in [0.2, 0.25) is 10.0 Å². The summed E-state index contributed by atoms with van der Waals surface area (Å²) in [5, 5.41) is 7.24. The minimum atomic E-state index is -3.21. The molecule has 1 aromatic heterocycles. The van der Waals surface area contributed by atoms with Crippen molar-refractivity contribution in [2.75, 3.05) is 12.3 Å². The first kappa shape index (κ1) is 13.5. The zero-order chi connectivity index (χ0) is 13.0. The molecule has 2 N–H and O–H groups in total. The van der Waals surface area contributed by atoms with Crippen molar-refractivity contribution < 1.29 is 8.42 Å². The van der Waals surface area contributed by atoms with Crippen LogP contribution in [-0.2, 0) is 16.6 Å². The first-order chi connectivity index (χ1) is 8.55. The predicted octanol–water partition coefficient (Wildman–Crippen LogP) is -0.0570. The highest BCUT2D eigenvalue weighted by Crippen LogP contribution is 2.17. The molecule has 1 heterocycles. The topological polar surface area (TPSA) is 76.0 Å². The predicted molar refractivity (Wildman–Crippen MR) is 69.6 cm³/mol. The van der Waals surface area contributed by atoms with Crippen molar-refractivity contribution in [1.29, 1.82) is 0 Å². The molecule has 102 valence electrons. The van der Waals surface area contributed by atoms with Crippen LogP contribution in [0.1, 0.15) is 19.8 Å². The third-order valence-electron chi connectivity index (χ3n) is 2.78. The molecule has 7 heteroatoms. The van der Waals surface area contributed by atoms with Crippen molar-refractivity contribution in [3.8, 4) is 0 Å². The van der Waals surface area contributed by atoms with Gasteiger partial charge in [-0.25, -0.2) is 13.1 Å². The van der Waals surface area contributed by atoms with Crippen LogP contribution in [-0.4, -0.2) is 42.6 Å². The fourth-order valence-electron chi connectivity index (χ4n) is 1.78. The van der Waals surface area contributed by atoms with Gasteiger partial charge in [0, 0.05) is 31.0 Å². The Morgan fingerprint density at radius 1 is 1.50 bits per heavy atom. The molecule has 6 nitrogen and oxygen atoms in total. The number of hydrogen-bond acceptors (Lipinski definition) is 4. The summed E-state index contributed by atoms with van der Waals surface area (Å²) in [4.78, 5) is 0. The van der Waals surface area contributed by atoms with Gasteiger partial charge in [-0.1, -0.05) is 0 Å². The first-order valence-corrected chi connectivity index (χ1v) is 7.91. The molecule has 1 fully saturated rings. The van der Waals surface area contributed by atoms with E-state index in [2.05, 4.69) is 15.1 Å². The van der Waals surface area contributed by atoms with E-state index < -0.39 is 10.0 Å². The lowest BCUT2D eigenvalue weighted by atomic mass is 10.4. The molecule has 1 atom stereocenters. The van der Waals surface area contributed by atoms with Crippen molar-refractivity contribution in [3.05, 3.63) is 18.5 Å². The van der Waals surface area contributed by atoms with E-state index in [0.717, 1.165) is 0 Å². The molecule has 0 aromatic carbocycles. The molecule has 1 aliphatic rings. The number of sulfonamides is 1. The number of nitrogens with zero attached hydrogens (tertiary/aromatic N) is 2. The second kappa shape index (κ2) is 5.81. The number of nitrogens with one attached hydrogen (secondary N) is 2. The maximum Gasteiger partial charge on any atom is 0.213 e. The zero-order valence-corrected chi connectivity index (χ0v) is 11.4. The van der Waals surface area contributed by atoms with Gasteiger partial charge >= 0.3 is 0 Å². The fraction of sp³-hybridized carbons (Fsp3) is 0.727. The Morgan fingerprint density at radius 3 is 2.89 bits per heavy atom. The minimum absolute atomic E-state index is 0.132. The van der Waals surface area contributed by atoms with Gasteiger partial charge in [-0.2, -0.15) is 5.10 Å². The lowest BCUT2D eigenvalue weighted by Crippen LogP contribution is -2.39. The van der Waals surface area contributed by atoms with E-state index in [9.17, 15) is 8.42 Å². The maximum absolute atomic E-state index is 11.8. The van der Waals surface area contributed by atoms with Crippen LogP contribution in [0.2, 0.25) is 0 Å². The molecule has 1 aliphatic carbocycles. The highest BCUT2D eigenvalue weighted by atomic mass is 32.2. The SMILES string of the molecule is CC(Cn1cccn1)NS(=O)(=O)CCNC1CC1. The summed E-state index contributed by atoms with van der Waals surface area (Å²) >= 11 is 0. The molecule has 0 saturated heterocycles. The molecule has 1 aromatic rings. The average molecular weight is 272 g/mol. The normalized spacial score (nSPS) is 17.8. The Bertz CT molecular complexity index is 453. The van der Waals surface area contributed by atoms with Crippen molar-refractivity contribution in [2.24, 2.45) is 0 Å². The number of rotatable bonds is 8. The number of hydrogen-bond donors (Lipinski definition) is 2. The van der Waals surface area contributed by atoms with Gasteiger partial charge in [0.25, 0.3) is 0 Å². The Hall–Kier alpha value is -0.920. The highest BCUT2D eigenvalue weighted by Gasteiger charge is 2.21. The van der Waals surface area contributed by atoms with Gasteiger partial charge in [0.05, 0.1) is 12.3 Å². The summed E-state index contributed by atoms with van der Waals surface area (Å²) in [6, 6.07) is 2.21. The summed E-state index contributed by atoms with van der Waals surface area (Å²) < 4.78 is 28.0. The van der Waals surface area contributed by atoms with Gasteiger partial charge < -0.3 is 5.32 Å².